The van der Waals surface area contributed by atoms with Crippen molar-refractivity contribution in [3.63, 3.8) is 0 Å². The number of aliphatic hydroxyl groups is 1. The number of isocyanates is 1. The lowest BCUT2D eigenvalue weighted by Gasteiger charge is -2.10. The molecule has 0 aliphatic heterocycles. The molecule has 0 saturated carbocycles. The number of carbonyl (C=O) groups excluding carboxylic acids is 1. The largest absolute Gasteiger partial charge is 0.394 e. The van der Waals surface area contributed by atoms with E-state index in [1.165, 1.54) is 6.08 Å². The van der Waals surface area contributed by atoms with Crippen molar-refractivity contribution in [1.82, 2.24) is 0 Å². The first-order chi connectivity index (χ1) is 3.62. The van der Waals surface area contributed by atoms with Gasteiger partial charge in [-0.1, -0.05) is 0 Å². The van der Waals surface area contributed by atoms with Gasteiger partial charge < -0.3 is 5.11 Å². The minimum absolute atomic E-state index is 0.123. The minimum atomic E-state index is -0.651. The lowest BCUT2D eigenvalue weighted by atomic mass is 10.1. The Balaban J connectivity index is 3.90. The van der Waals surface area contributed by atoms with Crippen LogP contribution in [0.3, 0.4) is 0 Å². The average molecular weight is 115 g/mol. The molecular weight excluding hydrogens is 106 g/mol. The van der Waals surface area contributed by atoms with E-state index in [0.29, 0.717) is 0 Å². The normalized spacial score (nSPS) is 10.4. The summed E-state index contributed by atoms with van der Waals surface area (Å²) in [4.78, 5) is 12.9. The summed E-state index contributed by atoms with van der Waals surface area (Å²) in [6, 6.07) is 0. The highest BCUT2D eigenvalue weighted by Crippen LogP contribution is 2.03. The number of hydrogen-bond acceptors (Lipinski definition) is 3. The predicted octanol–water partition coefficient (Wildman–Crippen LogP) is 0.0931. The molecule has 0 spiro atoms. The van der Waals surface area contributed by atoms with Crippen LogP contribution in [0.4, 0.5) is 0 Å². The summed E-state index contributed by atoms with van der Waals surface area (Å²) in [5, 5.41) is 8.45. The van der Waals surface area contributed by atoms with Crippen LogP contribution in [0.2, 0.25) is 0 Å². The molecule has 0 atom stereocenters. The summed E-state index contributed by atoms with van der Waals surface area (Å²) in [5.74, 6) is 0. The monoisotopic (exact) mass is 115 g/mol. The second-order valence-electron chi connectivity index (χ2n) is 2.17. The highest BCUT2D eigenvalue weighted by Gasteiger charge is 2.12. The lowest BCUT2D eigenvalue weighted by molar-refractivity contribution is 0.222. The smallest absolute Gasteiger partial charge is 0.235 e. The summed E-state index contributed by atoms with van der Waals surface area (Å²) < 4.78 is 0. The Morgan fingerprint density at radius 2 is 2.25 bits per heavy atom. The molecule has 0 bridgehead atoms. The summed E-state index contributed by atoms with van der Waals surface area (Å²) in [5.41, 5.74) is -0.651. The van der Waals surface area contributed by atoms with Crippen molar-refractivity contribution in [1.29, 1.82) is 0 Å². The highest BCUT2D eigenvalue weighted by molar-refractivity contribution is 5.34. The van der Waals surface area contributed by atoms with Crippen molar-refractivity contribution in [2.24, 2.45) is 4.99 Å². The van der Waals surface area contributed by atoms with Crippen molar-refractivity contribution >= 4 is 6.08 Å². The molecule has 0 aromatic heterocycles. The fourth-order valence-corrected chi connectivity index (χ4v) is 0.159. The zero-order chi connectivity index (χ0) is 6.62. The fraction of sp³-hybridized carbons (Fsp3) is 0.800. The number of rotatable bonds is 2. The van der Waals surface area contributed by atoms with Crippen LogP contribution in [-0.2, 0) is 4.79 Å². The lowest BCUT2D eigenvalue weighted by Crippen LogP contribution is -2.21. The van der Waals surface area contributed by atoms with Crippen LogP contribution < -0.4 is 0 Å². The summed E-state index contributed by atoms with van der Waals surface area (Å²) in [6.07, 6.45) is 1.37. The summed E-state index contributed by atoms with van der Waals surface area (Å²) in [6.45, 7) is 3.18. The molecule has 0 aliphatic carbocycles. The summed E-state index contributed by atoms with van der Waals surface area (Å²) in [7, 11) is 0. The van der Waals surface area contributed by atoms with Gasteiger partial charge in [0, 0.05) is 0 Å². The first-order valence-electron chi connectivity index (χ1n) is 2.32. The van der Waals surface area contributed by atoms with E-state index >= 15 is 0 Å². The highest BCUT2D eigenvalue weighted by atomic mass is 16.3. The second-order valence-corrected chi connectivity index (χ2v) is 2.17. The van der Waals surface area contributed by atoms with Crippen LogP contribution in [0.25, 0.3) is 0 Å². The van der Waals surface area contributed by atoms with E-state index in [1.807, 2.05) is 0 Å². The van der Waals surface area contributed by atoms with Gasteiger partial charge in [0.2, 0.25) is 6.08 Å². The van der Waals surface area contributed by atoms with Crippen molar-refractivity contribution in [2.75, 3.05) is 6.61 Å². The van der Waals surface area contributed by atoms with Gasteiger partial charge >= 0.3 is 0 Å². The molecule has 0 aromatic carbocycles. The predicted molar refractivity (Wildman–Crippen MR) is 29.3 cm³/mol. The molecule has 0 aliphatic rings. The molecule has 3 heteroatoms. The van der Waals surface area contributed by atoms with Gasteiger partial charge in [-0.05, 0) is 13.8 Å². The number of aliphatic imine (C=N–C) groups is 1. The number of hydrogen-bond donors (Lipinski definition) is 1. The van der Waals surface area contributed by atoms with E-state index in [1.54, 1.807) is 13.8 Å². The van der Waals surface area contributed by atoms with Crippen LogP contribution in [0.5, 0.6) is 0 Å². The molecule has 3 nitrogen and oxygen atoms in total. The zero-order valence-corrected chi connectivity index (χ0v) is 5.01. The Kier molecular flexibility index (Phi) is 2.38. The molecule has 0 amide bonds. The van der Waals surface area contributed by atoms with Gasteiger partial charge in [0.25, 0.3) is 0 Å². The standard InChI is InChI=1S/C5H9NO2/c1-5(2,3-7)6-4-8/h7H,3H2,1-2H3. The Morgan fingerprint density at radius 3 is 2.38 bits per heavy atom. The molecule has 0 aromatic rings. The van der Waals surface area contributed by atoms with E-state index in [9.17, 15) is 4.79 Å². The average Bonchev–Trinajstić information content (AvgIpc) is 1.67. The van der Waals surface area contributed by atoms with E-state index in [2.05, 4.69) is 4.99 Å². The SMILES string of the molecule is CC(C)(CO)N=C=O. The molecule has 1 N–H and O–H groups in total. The Labute approximate surface area is 48.1 Å². The minimum Gasteiger partial charge on any atom is -0.394 e. The van der Waals surface area contributed by atoms with Crippen LogP contribution in [0.15, 0.2) is 4.99 Å². The quantitative estimate of drug-likeness (QED) is 0.409. The molecule has 0 unspecified atom stereocenters. The van der Waals surface area contributed by atoms with Crippen LogP contribution in [0.1, 0.15) is 13.8 Å². The van der Waals surface area contributed by atoms with Gasteiger partial charge in [-0.25, -0.2) is 4.79 Å². The van der Waals surface area contributed by atoms with Crippen molar-refractivity contribution in [3.05, 3.63) is 0 Å². The maximum Gasteiger partial charge on any atom is 0.235 e. The third kappa shape index (κ3) is 2.50. The van der Waals surface area contributed by atoms with Gasteiger partial charge in [0.1, 0.15) is 0 Å². The Morgan fingerprint density at radius 1 is 1.75 bits per heavy atom. The molecule has 46 valence electrons. The molecular formula is C5H9NO2. The van der Waals surface area contributed by atoms with E-state index in [0.717, 1.165) is 0 Å². The van der Waals surface area contributed by atoms with Gasteiger partial charge in [-0.2, -0.15) is 4.99 Å². The van der Waals surface area contributed by atoms with Crippen molar-refractivity contribution in [3.8, 4) is 0 Å². The first kappa shape index (κ1) is 7.34. The van der Waals surface area contributed by atoms with Crippen LogP contribution in [-0.4, -0.2) is 23.3 Å². The Bertz CT molecular complexity index is 114. The van der Waals surface area contributed by atoms with E-state index in [-0.39, 0.29) is 6.61 Å². The van der Waals surface area contributed by atoms with Crippen molar-refractivity contribution in [2.45, 2.75) is 19.4 Å². The van der Waals surface area contributed by atoms with E-state index < -0.39 is 5.54 Å². The third-order valence-corrected chi connectivity index (χ3v) is 0.735. The zero-order valence-electron chi connectivity index (χ0n) is 5.01. The molecule has 0 rings (SSSR count). The number of nitrogens with zero attached hydrogens (tertiary/aromatic N) is 1. The molecule has 0 saturated heterocycles. The fourth-order valence-electron chi connectivity index (χ4n) is 0.159. The van der Waals surface area contributed by atoms with Crippen LogP contribution >= 0.6 is 0 Å². The molecule has 8 heavy (non-hydrogen) atoms. The van der Waals surface area contributed by atoms with Gasteiger partial charge in [0.05, 0.1) is 12.1 Å². The van der Waals surface area contributed by atoms with Gasteiger partial charge in [-0.15, -0.1) is 0 Å². The second kappa shape index (κ2) is 2.60. The molecule has 0 fully saturated rings. The first-order valence-corrected chi connectivity index (χ1v) is 2.32. The number of aliphatic hydroxyl groups excluding tert-OH is 1. The third-order valence-electron chi connectivity index (χ3n) is 0.735. The Hall–Kier alpha value is -0.660. The van der Waals surface area contributed by atoms with Crippen LogP contribution in [0, 0.1) is 0 Å². The topological polar surface area (TPSA) is 49.7 Å². The molecule has 0 radical (unpaired) electrons. The maximum atomic E-state index is 9.58. The van der Waals surface area contributed by atoms with E-state index in [4.69, 9.17) is 5.11 Å². The van der Waals surface area contributed by atoms with Crippen molar-refractivity contribution < 1.29 is 9.90 Å². The van der Waals surface area contributed by atoms with Gasteiger partial charge in [0.15, 0.2) is 0 Å². The van der Waals surface area contributed by atoms with Gasteiger partial charge in [-0.3, -0.25) is 0 Å². The summed E-state index contributed by atoms with van der Waals surface area (Å²) >= 11 is 0. The molecule has 0 heterocycles. The maximum absolute atomic E-state index is 9.58.